The first-order chi connectivity index (χ1) is 7.82. The Balaban J connectivity index is 3.07. The zero-order valence-electron chi connectivity index (χ0n) is 8.47. The molecule has 1 rings (SSSR count). The fourth-order valence-corrected chi connectivity index (χ4v) is 2.08. The van der Waals surface area contributed by atoms with E-state index in [-0.39, 0.29) is 6.42 Å². The quantitative estimate of drug-likeness (QED) is 0.472. The highest BCUT2D eigenvalue weighted by atomic mass is 32.1. The van der Waals surface area contributed by atoms with Gasteiger partial charge in [0.2, 0.25) is 0 Å². The van der Waals surface area contributed by atoms with Gasteiger partial charge in [-0.1, -0.05) is 12.2 Å². The molecule has 0 aromatic rings. The van der Waals surface area contributed by atoms with E-state index in [1.807, 2.05) is 0 Å². The van der Waals surface area contributed by atoms with Crippen LogP contribution >= 0.6 is 12.2 Å². The molecule has 0 amide bonds. The van der Waals surface area contributed by atoms with Crippen molar-refractivity contribution >= 4 is 17.6 Å². The molecule has 0 bridgehead atoms. The maximum Gasteiger partial charge on any atom is 0.417 e. The molecule has 0 aromatic heterocycles. The van der Waals surface area contributed by atoms with E-state index in [0.29, 0.717) is 0 Å². The van der Waals surface area contributed by atoms with Crippen molar-refractivity contribution in [3.63, 3.8) is 0 Å². The Morgan fingerprint density at radius 2 is 2.06 bits per heavy atom. The molecule has 0 fully saturated rings. The van der Waals surface area contributed by atoms with Gasteiger partial charge in [0.05, 0.1) is 5.57 Å². The molecule has 0 heterocycles. The van der Waals surface area contributed by atoms with Crippen LogP contribution in [0.5, 0.6) is 0 Å². The Kier molecular flexibility index (Phi) is 4.29. The number of allylic oxidation sites excluding steroid dienone is 2. The summed E-state index contributed by atoms with van der Waals surface area (Å²) in [5.41, 5.74) is 4.94. The fraction of sp³-hybridized carbons (Fsp3) is 0.667. The van der Waals surface area contributed by atoms with Crippen LogP contribution in [0.25, 0.3) is 0 Å². The van der Waals surface area contributed by atoms with Crippen LogP contribution in [0.4, 0.5) is 22.0 Å². The topological polar surface area (TPSA) is 36.2 Å². The van der Waals surface area contributed by atoms with Crippen LogP contribution in [0.3, 0.4) is 0 Å². The molecular weight excluding hydrogens is 263 g/mol. The van der Waals surface area contributed by atoms with E-state index in [1.54, 1.807) is 0 Å². The molecule has 0 saturated carbocycles. The zero-order chi connectivity index (χ0) is 13.2. The molecule has 8 heteroatoms. The Hall–Kier alpha value is -0.920. The van der Waals surface area contributed by atoms with Gasteiger partial charge in [-0.05, 0) is 6.42 Å². The Morgan fingerprint density at radius 1 is 1.47 bits per heavy atom. The second-order valence-corrected chi connectivity index (χ2v) is 3.95. The summed E-state index contributed by atoms with van der Waals surface area (Å²) in [7, 11) is 0. The van der Waals surface area contributed by atoms with E-state index in [0.717, 1.165) is 5.37 Å². The minimum absolute atomic E-state index is 0.146. The normalized spacial score (nSPS) is 27.8. The maximum absolute atomic E-state index is 13.7. The summed E-state index contributed by atoms with van der Waals surface area (Å²) in [6.07, 6.45) is -8.22. The van der Waals surface area contributed by atoms with Gasteiger partial charge in [0.25, 0.3) is 0 Å². The Labute approximate surface area is 99.4 Å². The van der Waals surface area contributed by atoms with E-state index in [2.05, 4.69) is 17.3 Å². The van der Waals surface area contributed by atoms with Crippen LogP contribution in [0.15, 0.2) is 16.5 Å². The molecule has 0 aliphatic heterocycles. The maximum atomic E-state index is 13.7. The summed E-state index contributed by atoms with van der Waals surface area (Å²) in [5.74, 6) is -2.70. The molecule has 1 aliphatic carbocycles. The van der Waals surface area contributed by atoms with E-state index >= 15 is 0 Å². The summed E-state index contributed by atoms with van der Waals surface area (Å²) in [4.78, 5) is 0. The van der Waals surface area contributed by atoms with Crippen LogP contribution in [0.1, 0.15) is 12.8 Å². The van der Waals surface area contributed by atoms with Crippen molar-refractivity contribution in [3.05, 3.63) is 11.4 Å². The monoisotopic (exact) mass is 272 g/mol. The fourth-order valence-electron chi connectivity index (χ4n) is 1.82. The molecule has 2 nitrogen and oxygen atoms in total. The molecule has 3 unspecified atom stereocenters. The number of thiocarbonyl (C=S) groups is 1. The summed E-state index contributed by atoms with van der Waals surface area (Å²) < 4.78 is 64.0. The number of nitrogens with one attached hydrogen (secondary N) is 1. The minimum atomic E-state index is -5.05. The third-order valence-corrected chi connectivity index (χ3v) is 2.95. The average molecular weight is 272 g/mol. The van der Waals surface area contributed by atoms with Crippen LogP contribution in [0.2, 0.25) is 0 Å². The first kappa shape index (κ1) is 14.1. The van der Waals surface area contributed by atoms with Gasteiger partial charge in [-0.15, -0.1) is 0 Å². The average Bonchev–Trinajstić information content (AvgIpc) is 2.21. The Bertz CT molecular complexity index is 344. The first-order valence-corrected chi connectivity index (χ1v) is 5.21. The Morgan fingerprint density at radius 3 is 2.47 bits per heavy atom. The number of alkyl halides is 4. The molecule has 0 aromatic carbocycles. The smallest absolute Gasteiger partial charge is 0.242 e. The van der Waals surface area contributed by atoms with Crippen LogP contribution in [-0.2, 0) is 0 Å². The van der Waals surface area contributed by atoms with Gasteiger partial charge < -0.3 is 0 Å². The molecule has 0 spiro atoms. The number of hydrogen-bond acceptors (Lipinski definition) is 3. The van der Waals surface area contributed by atoms with Crippen molar-refractivity contribution < 1.29 is 22.0 Å². The van der Waals surface area contributed by atoms with Gasteiger partial charge in [0.1, 0.15) is 18.0 Å². The third-order valence-electron chi connectivity index (χ3n) is 2.67. The molecular formula is C9H9F5N2S. The highest BCUT2D eigenvalue weighted by molar-refractivity contribution is 7.79. The molecule has 96 valence electrons. The van der Waals surface area contributed by atoms with Gasteiger partial charge in [0, 0.05) is 17.7 Å². The minimum Gasteiger partial charge on any atom is -0.242 e. The molecule has 0 radical (unpaired) electrons. The zero-order valence-corrected chi connectivity index (χ0v) is 9.29. The second-order valence-electron chi connectivity index (χ2n) is 3.68. The van der Waals surface area contributed by atoms with Crippen molar-refractivity contribution in [1.29, 1.82) is 5.53 Å². The molecule has 0 saturated heterocycles. The second kappa shape index (κ2) is 5.16. The number of hydrogen-bond donors (Lipinski definition) is 1. The predicted octanol–water partition coefficient (Wildman–Crippen LogP) is 3.92. The molecule has 3 atom stereocenters. The summed E-state index contributed by atoms with van der Waals surface area (Å²) in [6, 6.07) is -1.13. The lowest BCUT2D eigenvalue weighted by molar-refractivity contribution is -0.108. The van der Waals surface area contributed by atoms with Crippen molar-refractivity contribution in [2.24, 2.45) is 11.0 Å². The van der Waals surface area contributed by atoms with E-state index in [9.17, 15) is 22.0 Å². The van der Waals surface area contributed by atoms with Gasteiger partial charge in [-0.2, -0.15) is 18.3 Å². The highest BCUT2D eigenvalue weighted by Gasteiger charge is 2.48. The summed E-state index contributed by atoms with van der Waals surface area (Å²) >= 11 is 4.47. The molecule has 1 N–H and O–H groups in total. The third kappa shape index (κ3) is 2.85. The number of halogens is 5. The van der Waals surface area contributed by atoms with Crippen molar-refractivity contribution in [2.45, 2.75) is 31.2 Å². The highest BCUT2D eigenvalue weighted by Crippen LogP contribution is 2.43. The first-order valence-electron chi connectivity index (χ1n) is 4.74. The molecule has 1 aliphatic rings. The van der Waals surface area contributed by atoms with Crippen molar-refractivity contribution in [2.75, 3.05) is 0 Å². The van der Waals surface area contributed by atoms with Gasteiger partial charge in [-0.3, -0.25) is 0 Å². The van der Waals surface area contributed by atoms with Gasteiger partial charge in [0.15, 0.2) is 0 Å². The SMILES string of the molecule is N=NC(C=S)C1CCC(F)=C(C(F)(F)F)C1F. The van der Waals surface area contributed by atoms with Crippen LogP contribution < -0.4 is 0 Å². The predicted molar refractivity (Wildman–Crippen MR) is 54.4 cm³/mol. The lowest BCUT2D eigenvalue weighted by Crippen LogP contribution is -2.37. The molecule has 17 heavy (non-hydrogen) atoms. The van der Waals surface area contributed by atoms with Crippen molar-refractivity contribution in [3.8, 4) is 0 Å². The van der Waals surface area contributed by atoms with E-state index in [4.69, 9.17) is 5.53 Å². The largest absolute Gasteiger partial charge is 0.417 e. The summed E-state index contributed by atoms with van der Waals surface area (Å²) in [6.45, 7) is 0. The van der Waals surface area contributed by atoms with Gasteiger partial charge >= 0.3 is 6.18 Å². The van der Waals surface area contributed by atoms with Crippen LogP contribution in [-0.4, -0.2) is 23.8 Å². The summed E-state index contributed by atoms with van der Waals surface area (Å²) in [5, 5.41) is 3.89. The number of nitrogens with zero attached hydrogens (tertiary/aromatic N) is 1. The van der Waals surface area contributed by atoms with Crippen LogP contribution in [0, 0.1) is 11.4 Å². The van der Waals surface area contributed by atoms with E-state index < -0.39 is 42.1 Å². The number of rotatable bonds is 3. The lowest BCUT2D eigenvalue weighted by atomic mass is 9.82. The van der Waals surface area contributed by atoms with Crippen molar-refractivity contribution in [1.82, 2.24) is 0 Å². The van der Waals surface area contributed by atoms with E-state index in [1.165, 1.54) is 0 Å². The van der Waals surface area contributed by atoms with Gasteiger partial charge in [-0.25, -0.2) is 14.3 Å². The standard InChI is InChI=1S/C9H9F5N2S/c10-5-2-1-4(6(3-17)16-15)8(11)7(5)9(12,13)14/h3-4,6,8,15H,1-2H2. The lowest BCUT2D eigenvalue weighted by Gasteiger charge is -2.30.